The molecule has 1 N–H and O–H groups in total. The predicted octanol–water partition coefficient (Wildman–Crippen LogP) is 2.59. The smallest absolute Gasteiger partial charge is 0.272 e. The molecule has 0 saturated carbocycles. The number of nitrogens with zero attached hydrogens (tertiary/aromatic N) is 3. The number of nitrogens with one attached hydrogen (secondary N) is 1. The fourth-order valence-corrected chi connectivity index (χ4v) is 3.18. The molecule has 1 aromatic carbocycles. The van der Waals surface area contributed by atoms with Crippen LogP contribution in [0.15, 0.2) is 53.1 Å². The van der Waals surface area contributed by atoms with Gasteiger partial charge in [0, 0.05) is 25.7 Å². The highest BCUT2D eigenvalue weighted by Crippen LogP contribution is 2.17. The lowest BCUT2D eigenvalue weighted by molar-refractivity contribution is 0.0745. The zero-order valence-electron chi connectivity index (χ0n) is 15.1. The van der Waals surface area contributed by atoms with Gasteiger partial charge in [0.05, 0.1) is 12.8 Å². The van der Waals surface area contributed by atoms with Crippen LogP contribution in [0, 0.1) is 5.82 Å². The molecule has 0 saturated heterocycles. The van der Waals surface area contributed by atoms with E-state index in [-0.39, 0.29) is 29.9 Å². The number of carbonyl (C=O) groups excluding carboxylic acids is 2. The summed E-state index contributed by atoms with van der Waals surface area (Å²) in [5, 5.41) is 7.02. The highest BCUT2D eigenvalue weighted by atomic mass is 19.1. The molecule has 0 bridgehead atoms. The molecule has 0 fully saturated rings. The third-order valence-electron chi connectivity index (χ3n) is 4.61. The Balaban J connectivity index is 1.48. The van der Waals surface area contributed by atoms with E-state index in [0.717, 1.165) is 12.0 Å². The Kier molecular flexibility index (Phi) is 4.92. The number of furan rings is 1. The summed E-state index contributed by atoms with van der Waals surface area (Å²) < 4.78 is 19.9. The van der Waals surface area contributed by atoms with Gasteiger partial charge >= 0.3 is 0 Å². The van der Waals surface area contributed by atoms with Gasteiger partial charge in [-0.3, -0.25) is 14.3 Å². The Morgan fingerprint density at radius 2 is 2.04 bits per heavy atom. The van der Waals surface area contributed by atoms with Crippen molar-refractivity contribution in [3.05, 3.63) is 77.3 Å². The highest BCUT2D eigenvalue weighted by Gasteiger charge is 2.26. The number of fused-ring (bicyclic) bond motifs is 1. The lowest BCUT2D eigenvalue weighted by Crippen LogP contribution is -2.30. The van der Waals surface area contributed by atoms with Gasteiger partial charge in [-0.2, -0.15) is 5.10 Å². The summed E-state index contributed by atoms with van der Waals surface area (Å²) in [5.41, 5.74) is 1.42. The van der Waals surface area contributed by atoms with Crippen molar-refractivity contribution in [2.45, 2.75) is 26.1 Å². The number of hydrogen-bond acceptors (Lipinski definition) is 4. The molecule has 3 aromatic rings. The first-order valence-electron chi connectivity index (χ1n) is 9.02. The van der Waals surface area contributed by atoms with Crippen LogP contribution in [0.3, 0.4) is 0 Å². The molecular formula is C20H19FN4O3. The maximum absolute atomic E-state index is 13.1. The average molecular weight is 382 g/mol. The maximum Gasteiger partial charge on any atom is 0.272 e. The van der Waals surface area contributed by atoms with Crippen molar-refractivity contribution in [1.82, 2.24) is 20.0 Å². The first-order valence-corrected chi connectivity index (χ1v) is 9.02. The second kappa shape index (κ2) is 7.67. The molecule has 0 unspecified atom stereocenters. The number of aromatic nitrogens is 2. The van der Waals surface area contributed by atoms with Gasteiger partial charge < -0.3 is 14.6 Å². The molecule has 1 aliphatic heterocycles. The van der Waals surface area contributed by atoms with Crippen molar-refractivity contribution >= 4 is 11.8 Å². The van der Waals surface area contributed by atoms with Crippen LogP contribution in [0.2, 0.25) is 0 Å². The summed E-state index contributed by atoms with van der Waals surface area (Å²) in [5.74, 6) is -0.237. The Bertz CT molecular complexity index is 980. The standard InChI is InChI=1S/C20H19FN4O3/c21-15-6-4-14(5-7-15)13-24-8-2-9-25-18(20(24)27)11-17(23-25)19(26)22-12-16-3-1-10-28-16/h1,3-7,10-11H,2,8-9,12-13H2,(H,22,26). The van der Waals surface area contributed by atoms with E-state index in [0.29, 0.717) is 31.1 Å². The topological polar surface area (TPSA) is 80.4 Å². The zero-order valence-corrected chi connectivity index (χ0v) is 15.1. The van der Waals surface area contributed by atoms with E-state index in [1.165, 1.54) is 24.5 Å². The Hall–Kier alpha value is -3.42. The van der Waals surface area contributed by atoms with Gasteiger partial charge in [-0.25, -0.2) is 4.39 Å². The molecule has 0 radical (unpaired) electrons. The molecule has 0 atom stereocenters. The van der Waals surface area contributed by atoms with Crippen molar-refractivity contribution in [1.29, 1.82) is 0 Å². The van der Waals surface area contributed by atoms with Gasteiger partial charge in [0.15, 0.2) is 5.69 Å². The van der Waals surface area contributed by atoms with Crippen molar-refractivity contribution in [2.75, 3.05) is 6.54 Å². The van der Waals surface area contributed by atoms with Gasteiger partial charge in [-0.1, -0.05) is 12.1 Å². The lowest BCUT2D eigenvalue weighted by atomic mass is 10.2. The summed E-state index contributed by atoms with van der Waals surface area (Å²) in [6.07, 6.45) is 2.25. The fraction of sp³-hybridized carbons (Fsp3) is 0.250. The van der Waals surface area contributed by atoms with E-state index in [1.54, 1.807) is 33.8 Å². The maximum atomic E-state index is 13.1. The number of aryl methyl sites for hydroxylation is 1. The third-order valence-corrected chi connectivity index (χ3v) is 4.61. The van der Waals surface area contributed by atoms with Crippen LogP contribution in [-0.4, -0.2) is 33.0 Å². The monoisotopic (exact) mass is 382 g/mol. The molecule has 3 heterocycles. The Morgan fingerprint density at radius 1 is 1.21 bits per heavy atom. The number of halogens is 1. The zero-order chi connectivity index (χ0) is 19.5. The van der Waals surface area contributed by atoms with E-state index in [1.807, 2.05) is 0 Å². The summed E-state index contributed by atoms with van der Waals surface area (Å²) in [6, 6.07) is 11.1. The van der Waals surface area contributed by atoms with Crippen LogP contribution in [0.4, 0.5) is 4.39 Å². The number of carbonyl (C=O) groups is 2. The van der Waals surface area contributed by atoms with E-state index < -0.39 is 0 Å². The number of rotatable bonds is 5. The van der Waals surface area contributed by atoms with E-state index in [9.17, 15) is 14.0 Å². The van der Waals surface area contributed by atoms with E-state index in [4.69, 9.17) is 4.42 Å². The largest absolute Gasteiger partial charge is 0.467 e. The van der Waals surface area contributed by atoms with Crippen LogP contribution in [0.1, 0.15) is 38.7 Å². The third kappa shape index (κ3) is 3.80. The van der Waals surface area contributed by atoms with Gasteiger partial charge in [0.1, 0.15) is 17.3 Å². The molecule has 28 heavy (non-hydrogen) atoms. The Morgan fingerprint density at radius 3 is 2.79 bits per heavy atom. The second-order valence-corrected chi connectivity index (χ2v) is 6.61. The number of hydrogen-bond donors (Lipinski definition) is 1. The molecule has 0 spiro atoms. The van der Waals surface area contributed by atoms with Crippen LogP contribution < -0.4 is 5.32 Å². The predicted molar refractivity (Wildman–Crippen MR) is 97.9 cm³/mol. The average Bonchev–Trinajstić information content (AvgIpc) is 3.34. The normalized spacial score (nSPS) is 13.9. The van der Waals surface area contributed by atoms with Gasteiger partial charge in [-0.15, -0.1) is 0 Å². The van der Waals surface area contributed by atoms with Crippen molar-refractivity contribution in [3.8, 4) is 0 Å². The lowest BCUT2D eigenvalue weighted by Gasteiger charge is -2.20. The van der Waals surface area contributed by atoms with Crippen LogP contribution in [0.25, 0.3) is 0 Å². The quantitative estimate of drug-likeness (QED) is 0.736. The molecule has 7 nitrogen and oxygen atoms in total. The molecule has 4 rings (SSSR count). The minimum Gasteiger partial charge on any atom is -0.467 e. The summed E-state index contributed by atoms with van der Waals surface area (Å²) in [7, 11) is 0. The van der Waals surface area contributed by atoms with Crippen LogP contribution in [0.5, 0.6) is 0 Å². The summed E-state index contributed by atoms with van der Waals surface area (Å²) >= 11 is 0. The molecule has 2 amide bonds. The number of amides is 2. The minimum absolute atomic E-state index is 0.193. The molecule has 2 aromatic heterocycles. The number of benzene rings is 1. The van der Waals surface area contributed by atoms with Gasteiger partial charge in [0.25, 0.3) is 11.8 Å². The van der Waals surface area contributed by atoms with Crippen molar-refractivity contribution in [2.24, 2.45) is 0 Å². The van der Waals surface area contributed by atoms with E-state index in [2.05, 4.69) is 10.4 Å². The minimum atomic E-state index is -0.366. The van der Waals surface area contributed by atoms with Crippen molar-refractivity contribution < 1.29 is 18.4 Å². The molecule has 144 valence electrons. The Labute approximate surface area is 160 Å². The van der Waals surface area contributed by atoms with Crippen LogP contribution in [-0.2, 0) is 19.6 Å². The molecule has 8 heteroatoms. The first kappa shape index (κ1) is 18.0. The second-order valence-electron chi connectivity index (χ2n) is 6.61. The van der Waals surface area contributed by atoms with Crippen LogP contribution >= 0.6 is 0 Å². The first-order chi connectivity index (χ1) is 13.6. The van der Waals surface area contributed by atoms with Crippen molar-refractivity contribution in [3.63, 3.8) is 0 Å². The highest BCUT2D eigenvalue weighted by molar-refractivity contribution is 5.98. The fourth-order valence-electron chi connectivity index (χ4n) is 3.18. The molecule has 0 aliphatic carbocycles. The summed E-state index contributed by atoms with van der Waals surface area (Å²) in [4.78, 5) is 27.0. The SMILES string of the molecule is O=C(NCc1ccco1)c1cc2n(n1)CCCN(Cc1ccc(F)cc1)C2=O. The van der Waals surface area contributed by atoms with Gasteiger partial charge in [-0.05, 0) is 36.2 Å². The van der Waals surface area contributed by atoms with Gasteiger partial charge in [0.2, 0.25) is 0 Å². The van der Waals surface area contributed by atoms with E-state index >= 15 is 0 Å². The summed E-state index contributed by atoms with van der Waals surface area (Å²) in [6.45, 7) is 1.75. The molecule has 1 aliphatic rings. The molecular weight excluding hydrogens is 363 g/mol.